The third kappa shape index (κ3) is 5.55. The van der Waals surface area contributed by atoms with Crippen molar-refractivity contribution < 1.29 is 0 Å². The van der Waals surface area contributed by atoms with Crippen molar-refractivity contribution in [3.63, 3.8) is 0 Å². The lowest BCUT2D eigenvalue weighted by Crippen LogP contribution is -2.38. The van der Waals surface area contributed by atoms with E-state index in [0.717, 1.165) is 25.4 Å². The van der Waals surface area contributed by atoms with Crippen molar-refractivity contribution in [2.24, 2.45) is 11.7 Å². The Morgan fingerprint density at radius 2 is 1.93 bits per heavy atom. The highest BCUT2D eigenvalue weighted by Crippen LogP contribution is 2.09. The monoisotopic (exact) mass is 216 g/mol. The van der Waals surface area contributed by atoms with Crippen LogP contribution in [0.2, 0.25) is 0 Å². The van der Waals surface area contributed by atoms with Crippen LogP contribution in [0.5, 0.6) is 0 Å². The number of hydrogen-bond acceptors (Lipinski definition) is 2. The Kier molecular flexibility index (Phi) is 7.11. The van der Waals surface area contributed by atoms with Gasteiger partial charge < -0.3 is 10.6 Å². The summed E-state index contributed by atoms with van der Waals surface area (Å²) in [7, 11) is 0. The van der Waals surface area contributed by atoms with E-state index in [-0.39, 0.29) is 0 Å². The summed E-state index contributed by atoms with van der Waals surface area (Å²) in [5, 5.41) is 0. The van der Waals surface area contributed by atoms with Gasteiger partial charge in [-0.25, -0.2) is 0 Å². The molecule has 0 aliphatic carbocycles. The summed E-state index contributed by atoms with van der Waals surface area (Å²) in [6.07, 6.45) is 2.07. The van der Waals surface area contributed by atoms with E-state index in [1.54, 1.807) is 0 Å². The van der Waals surface area contributed by atoms with Crippen LogP contribution < -0.4 is 5.73 Å². The Hall–Kier alpha value is -0.150. The molecular formula is C11H24N2S. The highest BCUT2D eigenvalue weighted by molar-refractivity contribution is 7.80. The van der Waals surface area contributed by atoms with E-state index in [9.17, 15) is 0 Å². The van der Waals surface area contributed by atoms with Gasteiger partial charge in [-0.05, 0) is 19.4 Å². The summed E-state index contributed by atoms with van der Waals surface area (Å²) in [6, 6.07) is 0.478. The maximum atomic E-state index is 5.55. The van der Waals surface area contributed by atoms with Crippen LogP contribution in [0.25, 0.3) is 0 Å². The number of nitrogens with two attached hydrogens (primary N) is 1. The fourth-order valence-electron chi connectivity index (χ4n) is 1.57. The number of hydrogen-bond donors (Lipinski definition) is 1. The SMILES string of the molecule is CCC(C)CN(CC)C(C)CC(N)=S. The van der Waals surface area contributed by atoms with Crippen LogP contribution in [0.4, 0.5) is 0 Å². The first kappa shape index (κ1) is 13.8. The van der Waals surface area contributed by atoms with E-state index < -0.39 is 0 Å². The van der Waals surface area contributed by atoms with E-state index in [2.05, 4.69) is 32.6 Å². The van der Waals surface area contributed by atoms with Crippen LogP contribution in [0.15, 0.2) is 0 Å². The van der Waals surface area contributed by atoms with Gasteiger partial charge in [0.25, 0.3) is 0 Å². The lowest BCUT2D eigenvalue weighted by Gasteiger charge is -2.29. The Morgan fingerprint density at radius 1 is 1.36 bits per heavy atom. The molecule has 3 heteroatoms. The second-order valence-corrected chi connectivity index (χ2v) is 4.64. The van der Waals surface area contributed by atoms with Gasteiger partial charge in [0.1, 0.15) is 0 Å². The van der Waals surface area contributed by atoms with Gasteiger partial charge in [-0.3, -0.25) is 0 Å². The number of rotatable bonds is 7. The largest absolute Gasteiger partial charge is 0.393 e. The van der Waals surface area contributed by atoms with Crippen molar-refractivity contribution in [3.05, 3.63) is 0 Å². The zero-order valence-corrected chi connectivity index (χ0v) is 10.7. The van der Waals surface area contributed by atoms with Crippen LogP contribution in [0.1, 0.15) is 40.5 Å². The molecule has 84 valence electrons. The van der Waals surface area contributed by atoms with Gasteiger partial charge in [-0.15, -0.1) is 0 Å². The molecular weight excluding hydrogens is 192 g/mol. The van der Waals surface area contributed by atoms with Crippen molar-refractivity contribution >= 4 is 17.2 Å². The van der Waals surface area contributed by atoms with Crippen LogP contribution in [0.3, 0.4) is 0 Å². The molecule has 2 N–H and O–H groups in total. The Labute approximate surface area is 93.8 Å². The van der Waals surface area contributed by atoms with E-state index in [0.29, 0.717) is 11.0 Å². The molecule has 0 radical (unpaired) electrons. The predicted octanol–water partition coefficient (Wildman–Crippen LogP) is 2.42. The molecule has 0 aliphatic rings. The predicted molar refractivity (Wildman–Crippen MR) is 67.6 cm³/mol. The molecule has 0 aromatic carbocycles. The molecule has 0 rings (SSSR count). The Balaban J connectivity index is 4.04. The molecule has 0 heterocycles. The average molecular weight is 216 g/mol. The molecule has 0 bridgehead atoms. The molecule has 2 nitrogen and oxygen atoms in total. The molecule has 2 unspecified atom stereocenters. The maximum Gasteiger partial charge on any atom is 0.0742 e. The number of nitrogens with zero attached hydrogens (tertiary/aromatic N) is 1. The Bertz CT molecular complexity index is 171. The van der Waals surface area contributed by atoms with Crippen molar-refractivity contribution in [2.75, 3.05) is 13.1 Å². The molecule has 0 spiro atoms. The normalized spacial score (nSPS) is 15.5. The standard InChI is InChI=1S/C11H24N2S/c1-5-9(3)8-13(6-2)10(4)7-11(12)14/h9-10H,5-8H2,1-4H3,(H2,12,14). The van der Waals surface area contributed by atoms with Crippen molar-refractivity contribution in [2.45, 2.75) is 46.6 Å². The highest BCUT2D eigenvalue weighted by atomic mass is 32.1. The summed E-state index contributed by atoms with van der Waals surface area (Å²) < 4.78 is 0. The fourth-order valence-corrected chi connectivity index (χ4v) is 1.81. The van der Waals surface area contributed by atoms with E-state index in [1.807, 2.05) is 0 Å². The van der Waals surface area contributed by atoms with Gasteiger partial charge in [-0.2, -0.15) is 0 Å². The lowest BCUT2D eigenvalue weighted by molar-refractivity contribution is 0.193. The molecule has 0 aliphatic heterocycles. The van der Waals surface area contributed by atoms with E-state index in [4.69, 9.17) is 18.0 Å². The third-order valence-corrected chi connectivity index (χ3v) is 2.94. The molecule has 2 atom stereocenters. The van der Waals surface area contributed by atoms with E-state index in [1.165, 1.54) is 6.42 Å². The quantitative estimate of drug-likeness (QED) is 0.663. The smallest absolute Gasteiger partial charge is 0.0742 e. The fraction of sp³-hybridized carbons (Fsp3) is 0.909. The minimum Gasteiger partial charge on any atom is -0.393 e. The van der Waals surface area contributed by atoms with Crippen LogP contribution in [-0.2, 0) is 0 Å². The van der Waals surface area contributed by atoms with Crippen LogP contribution in [0, 0.1) is 5.92 Å². The van der Waals surface area contributed by atoms with Crippen LogP contribution in [-0.4, -0.2) is 29.0 Å². The zero-order valence-electron chi connectivity index (χ0n) is 9.92. The van der Waals surface area contributed by atoms with E-state index >= 15 is 0 Å². The first-order valence-corrected chi connectivity index (χ1v) is 5.94. The maximum absolute atomic E-state index is 5.55. The van der Waals surface area contributed by atoms with Gasteiger partial charge in [0.2, 0.25) is 0 Å². The first-order valence-electron chi connectivity index (χ1n) is 5.53. The van der Waals surface area contributed by atoms with Gasteiger partial charge in [0, 0.05) is 19.0 Å². The zero-order chi connectivity index (χ0) is 11.1. The summed E-state index contributed by atoms with van der Waals surface area (Å²) in [5.74, 6) is 0.753. The molecule has 14 heavy (non-hydrogen) atoms. The molecule has 0 fully saturated rings. The van der Waals surface area contributed by atoms with Gasteiger partial charge in [0.15, 0.2) is 0 Å². The van der Waals surface area contributed by atoms with Crippen molar-refractivity contribution in [1.82, 2.24) is 4.90 Å². The van der Waals surface area contributed by atoms with Crippen molar-refractivity contribution in [3.8, 4) is 0 Å². The summed E-state index contributed by atoms with van der Waals surface area (Å²) in [6.45, 7) is 11.1. The molecule has 0 saturated heterocycles. The van der Waals surface area contributed by atoms with Gasteiger partial charge in [-0.1, -0.05) is 39.4 Å². The molecule has 0 saturated carbocycles. The van der Waals surface area contributed by atoms with Crippen molar-refractivity contribution in [1.29, 1.82) is 0 Å². The minimum absolute atomic E-state index is 0.478. The molecule has 0 aromatic heterocycles. The molecule has 0 aromatic rings. The number of thiocarbonyl (C=S) groups is 1. The highest BCUT2D eigenvalue weighted by Gasteiger charge is 2.14. The summed E-state index contributed by atoms with van der Waals surface area (Å²) >= 11 is 4.93. The van der Waals surface area contributed by atoms with Gasteiger partial charge >= 0.3 is 0 Å². The Morgan fingerprint density at radius 3 is 2.29 bits per heavy atom. The second kappa shape index (κ2) is 7.18. The first-order chi connectivity index (χ1) is 6.51. The second-order valence-electron chi connectivity index (χ2n) is 4.12. The lowest BCUT2D eigenvalue weighted by atomic mass is 10.1. The molecule has 0 amide bonds. The summed E-state index contributed by atoms with van der Waals surface area (Å²) in [5.41, 5.74) is 5.55. The van der Waals surface area contributed by atoms with Gasteiger partial charge in [0.05, 0.1) is 4.99 Å². The third-order valence-electron chi connectivity index (χ3n) is 2.77. The summed E-state index contributed by atoms with van der Waals surface area (Å²) in [4.78, 5) is 3.08. The average Bonchev–Trinajstić information content (AvgIpc) is 2.12. The van der Waals surface area contributed by atoms with Crippen LogP contribution >= 0.6 is 12.2 Å². The topological polar surface area (TPSA) is 29.3 Å². The minimum atomic E-state index is 0.478.